The van der Waals surface area contributed by atoms with E-state index in [4.69, 9.17) is 9.47 Å². The Bertz CT molecular complexity index is 531. The molecule has 0 aliphatic rings. The van der Waals surface area contributed by atoms with Gasteiger partial charge in [-0.2, -0.15) is 0 Å². The van der Waals surface area contributed by atoms with Crippen molar-refractivity contribution >= 4 is 15.9 Å². The summed E-state index contributed by atoms with van der Waals surface area (Å²) in [6.45, 7) is 0. The average molecular weight is 322 g/mol. The number of rotatable bonds is 5. The zero-order chi connectivity index (χ0) is 13.7. The van der Waals surface area contributed by atoms with Gasteiger partial charge in [-0.15, -0.1) is 0 Å². The molecule has 4 heteroatoms. The molecule has 19 heavy (non-hydrogen) atoms. The van der Waals surface area contributed by atoms with Crippen molar-refractivity contribution in [2.24, 2.45) is 0 Å². The Kier molecular flexibility index (Phi) is 4.80. The van der Waals surface area contributed by atoms with E-state index in [0.717, 1.165) is 29.2 Å². The summed E-state index contributed by atoms with van der Waals surface area (Å²) in [5, 5.41) is 0. The first-order valence-corrected chi connectivity index (χ1v) is 6.92. The molecule has 2 aromatic rings. The topological polar surface area (TPSA) is 31.4 Å². The lowest BCUT2D eigenvalue weighted by molar-refractivity contribution is 0.351. The van der Waals surface area contributed by atoms with Gasteiger partial charge in [0, 0.05) is 28.7 Å². The second kappa shape index (κ2) is 6.57. The van der Waals surface area contributed by atoms with Crippen molar-refractivity contribution in [2.45, 2.75) is 11.2 Å². The van der Waals surface area contributed by atoms with Gasteiger partial charge in [0.05, 0.1) is 14.2 Å². The summed E-state index contributed by atoms with van der Waals surface area (Å²) in [7, 11) is 3.30. The van der Waals surface area contributed by atoms with E-state index in [1.165, 1.54) is 0 Å². The van der Waals surface area contributed by atoms with Gasteiger partial charge in [-0.3, -0.25) is 4.98 Å². The summed E-state index contributed by atoms with van der Waals surface area (Å²) < 4.78 is 10.8. The third-order valence-electron chi connectivity index (χ3n) is 2.89. The number of para-hydroxylation sites is 1. The highest BCUT2D eigenvalue weighted by Crippen LogP contribution is 2.39. The van der Waals surface area contributed by atoms with Crippen molar-refractivity contribution in [1.29, 1.82) is 0 Å². The largest absolute Gasteiger partial charge is 0.493 e. The summed E-state index contributed by atoms with van der Waals surface area (Å²) in [5.74, 6) is 1.51. The second-order valence-electron chi connectivity index (χ2n) is 4.08. The Hall–Kier alpha value is -1.55. The van der Waals surface area contributed by atoms with Crippen molar-refractivity contribution in [3.05, 3.63) is 53.9 Å². The van der Waals surface area contributed by atoms with Crippen LogP contribution in [0.15, 0.2) is 42.6 Å². The molecular weight excluding hydrogens is 306 g/mol. The van der Waals surface area contributed by atoms with Crippen LogP contribution in [0.25, 0.3) is 0 Å². The Morgan fingerprint density at radius 1 is 1.11 bits per heavy atom. The van der Waals surface area contributed by atoms with Crippen LogP contribution in [0.3, 0.4) is 0 Å². The van der Waals surface area contributed by atoms with E-state index in [1.54, 1.807) is 20.4 Å². The Morgan fingerprint density at radius 2 is 1.95 bits per heavy atom. The number of hydrogen-bond acceptors (Lipinski definition) is 3. The highest BCUT2D eigenvalue weighted by molar-refractivity contribution is 9.09. The van der Waals surface area contributed by atoms with Crippen molar-refractivity contribution < 1.29 is 9.47 Å². The van der Waals surface area contributed by atoms with Gasteiger partial charge in [0.2, 0.25) is 0 Å². The molecule has 1 aromatic heterocycles. The fourth-order valence-corrected chi connectivity index (χ4v) is 2.66. The molecule has 2 rings (SSSR count). The molecule has 0 spiro atoms. The minimum Gasteiger partial charge on any atom is -0.493 e. The molecular formula is C15H16BrNO2. The third-order valence-corrected chi connectivity index (χ3v) is 3.70. The van der Waals surface area contributed by atoms with Crippen LogP contribution in [0.1, 0.15) is 16.1 Å². The normalized spacial score (nSPS) is 11.9. The number of benzene rings is 1. The van der Waals surface area contributed by atoms with Crippen molar-refractivity contribution in [3.8, 4) is 11.5 Å². The summed E-state index contributed by atoms with van der Waals surface area (Å²) >= 11 is 3.70. The average Bonchev–Trinajstić information content (AvgIpc) is 2.47. The van der Waals surface area contributed by atoms with Gasteiger partial charge in [0.1, 0.15) is 0 Å². The fourth-order valence-electron chi connectivity index (χ4n) is 1.97. The van der Waals surface area contributed by atoms with E-state index in [0.29, 0.717) is 0 Å². The smallest absolute Gasteiger partial charge is 0.165 e. The minimum absolute atomic E-state index is 0.132. The van der Waals surface area contributed by atoms with Gasteiger partial charge < -0.3 is 9.47 Å². The molecule has 0 saturated carbocycles. The van der Waals surface area contributed by atoms with E-state index in [1.807, 2.05) is 36.4 Å². The van der Waals surface area contributed by atoms with Gasteiger partial charge in [-0.05, 0) is 18.2 Å². The van der Waals surface area contributed by atoms with Crippen LogP contribution in [0.2, 0.25) is 0 Å². The Labute approximate surface area is 121 Å². The molecule has 0 radical (unpaired) electrons. The molecule has 0 aliphatic heterocycles. The third kappa shape index (κ3) is 3.26. The predicted octanol–water partition coefficient (Wildman–Crippen LogP) is 3.78. The molecule has 1 heterocycles. The van der Waals surface area contributed by atoms with Gasteiger partial charge >= 0.3 is 0 Å². The first-order chi connectivity index (χ1) is 9.26. The maximum Gasteiger partial charge on any atom is 0.165 e. The lowest BCUT2D eigenvalue weighted by Crippen LogP contribution is -2.01. The second-order valence-corrected chi connectivity index (χ2v) is 5.18. The molecule has 0 amide bonds. The maximum absolute atomic E-state index is 5.45. The monoisotopic (exact) mass is 321 g/mol. The highest BCUT2D eigenvalue weighted by Gasteiger charge is 2.17. The number of hydrogen-bond donors (Lipinski definition) is 0. The van der Waals surface area contributed by atoms with E-state index in [2.05, 4.69) is 20.9 Å². The van der Waals surface area contributed by atoms with Crippen molar-refractivity contribution in [3.63, 3.8) is 0 Å². The number of halogens is 1. The number of alkyl halides is 1. The van der Waals surface area contributed by atoms with Gasteiger partial charge in [-0.1, -0.05) is 34.1 Å². The maximum atomic E-state index is 5.45. The Morgan fingerprint density at radius 3 is 2.58 bits per heavy atom. The lowest BCUT2D eigenvalue weighted by atomic mass is 10.1. The highest BCUT2D eigenvalue weighted by atomic mass is 79.9. The summed E-state index contributed by atoms with van der Waals surface area (Å²) in [4.78, 5) is 4.47. The van der Waals surface area contributed by atoms with Crippen molar-refractivity contribution in [2.75, 3.05) is 14.2 Å². The molecule has 0 fully saturated rings. The summed E-state index contributed by atoms with van der Waals surface area (Å²) in [6.07, 6.45) is 2.60. The SMILES string of the molecule is COc1cccc(C(Br)Cc2ccccn2)c1OC. The quantitative estimate of drug-likeness (QED) is 0.785. The van der Waals surface area contributed by atoms with E-state index >= 15 is 0 Å². The van der Waals surface area contributed by atoms with Crippen molar-refractivity contribution in [1.82, 2.24) is 4.98 Å². The summed E-state index contributed by atoms with van der Waals surface area (Å²) in [5.41, 5.74) is 2.10. The van der Waals surface area contributed by atoms with Crippen LogP contribution in [0.4, 0.5) is 0 Å². The molecule has 1 aromatic carbocycles. The van der Waals surface area contributed by atoms with Crippen LogP contribution in [0, 0.1) is 0 Å². The number of methoxy groups -OCH3 is 2. The molecule has 3 nitrogen and oxygen atoms in total. The van der Waals surface area contributed by atoms with Crippen LogP contribution < -0.4 is 9.47 Å². The molecule has 0 saturated heterocycles. The van der Waals surface area contributed by atoms with Crippen LogP contribution in [-0.4, -0.2) is 19.2 Å². The van der Waals surface area contributed by atoms with Crippen LogP contribution in [-0.2, 0) is 6.42 Å². The summed E-state index contributed by atoms with van der Waals surface area (Å²) in [6, 6.07) is 11.8. The predicted molar refractivity (Wildman–Crippen MR) is 79.2 cm³/mol. The van der Waals surface area contributed by atoms with Gasteiger partial charge in [-0.25, -0.2) is 0 Å². The number of nitrogens with zero attached hydrogens (tertiary/aromatic N) is 1. The molecule has 0 N–H and O–H groups in total. The minimum atomic E-state index is 0.132. The fraction of sp³-hybridized carbons (Fsp3) is 0.267. The number of pyridine rings is 1. The van der Waals surface area contributed by atoms with Gasteiger partial charge in [0.25, 0.3) is 0 Å². The van der Waals surface area contributed by atoms with Crippen LogP contribution in [0.5, 0.6) is 11.5 Å². The van der Waals surface area contributed by atoms with E-state index < -0.39 is 0 Å². The number of ether oxygens (including phenoxy) is 2. The zero-order valence-electron chi connectivity index (χ0n) is 11.0. The van der Waals surface area contributed by atoms with E-state index in [-0.39, 0.29) is 4.83 Å². The zero-order valence-corrected chi connectivity index (χ0v) is 12.6. The molecule has 100 valence electrons. The lowest BCUT2D eigenvalue weighted by Gasteiger charge is -2.16. The first kappa shape index (κ1) is 13.9. The van der Waals surface area contributed by atoms with Crippen LogP contribution >= 0.6 is 15.9 Å². The first-order valence-electron chi connectivity index (χ1n) is 6.01. The molecule has 0 bridgehead atoms. The number of aromatic nitrogens is 1. The van der Waals surface area contributed by atoms with Gasteiger partial charge in [0.15, 0.2) is 11.5 Å². The standard InChI is InChI=1S/C15H16BrNO2/c1-18-14-8-5-7-12(15(14)19-2)13(16)10-11-6-3-4-9-17-11/h3-9,13H,10H2,1-2H3. The Balaban J connectivity index is 2.26. The van der Waals surface area contributed by atoms with E-state index in [9.17, 15) is 0 Å². The molecule has 0 aliphatic carbocycles. The molecule has 1 unspecified atom stereocenters. The molecule has 1 atom stereocenters.